The highest BCUT2D eigenvalue weighted by atomic mass is 19.2. The molecule has 0 aromatic heterocycles. The van der Waals surface area contributed by atoms with Gasteiger partial charge in [-0.05, 0) is 26.0 Å². The van der Waals surface area contributed by atoms with Gasteiger partial charge in [-0.3, -0.25) is 0 Å². The molecule has 0 aliphatic carbocycles. The van der Waals surface area contributed by atoms with Crippen molar-refractivity contribution < 1.29 is 13.5 Å². The van der Waals surface area contributed by atoms with E-state index in [0.29, 0.717) is 13.1 Å². The normalized spacial score (nSPS) is 23.8. The Bertz CT molecular complexity index is 488. The second kappa shape index (κ2) is 4.91. The standard InChI is InChI=1S/C13H14F2N2O/c1-8-6-17(7-9(2)18-8)11-4-3-10(5-16)12(14)13(11)15/h3-4,8-9H,6-7H2,1-2H3/t8-,9+. The molecular weight excluding hydrogens is 238 g/mol. The average Bonchev–Trinajstić information content (AvgIpc) is 2.31. The van der Waals surface area contributed by atoms with E-state index in [-0.39, 0.29) is 23.5 Å². The third kappa shape index (κ3) is 2.29. The fourth-order valence-electron chi connectivity index (χ4n) is 2.24. The summed E-state index contributed by atoms with van der Waals surface area (Å²) in [6.45, 7) is 4.79. The van der Waals surface area contributed by atoms with Crippen molar-refractivity contribution >= 4 is 5.69 Å². The predicted molar refractivity (Wildman–Crippen MR) is 63.3 cm³/mol. The van der Waals surface area contributed by atoms with Crippen molar-refractivity contribution in [3.63, 3.8) is 0 Å². The van der Waals surface area contributed by atoms with Gasteiger partial charge in [0.1, 0.15) is 6.07 Å². The second-order valence-electron chi connectivity index (χ2n) is 4.53. The van der Waals surface area contributed by atoms with Gasteiger partial charge in [-0.2, -0.15) is 5.26 Å². The van der Waals surface area contributed by atoms with E-state index in [1.165, 1.54) is 12.1 Å². The third-order valence-corrected chi connectivity index (χ3v) is 2.94. The number of nitrogens with zero attached hydrogens (tertiary/aromatic N) is 2. The second-order valence-corrected chi connectivity index (χ2v) is 4.53. The van der Waals surface area contributed by atoms with E-state index >= 15 is 0 Å². The van der Waals surface area contributed by atoms with E-state index in [9.17, 15) is 8.78 Å². The Morgan fingerprint density at radius 1 is 1.22 bits per heavy atom. The molecule has 1 heterocycles. The molecule has 0 bridgehead atoms. The molecule has 0 amide bonds. The quantitative estimate of drug-likeness (QED) is 0.770. The maximum atomic E-state index is 13.9. The molecule has 1 aliphatic rings. The summed E-state index contributed by atoms with van der Waals surface area (Å²) < 4.78 is 33.0. The van der Waals surface area contributed by atoms with Crippen LogP contribution >= 0.6 is 0 Å². The minimum atomic E-state index is -1.08. The monoisotopic (exact) mass is 252 g/mol. The van der Waals surface area contributed by atoms with Crippen LogP contribution in [0.15, 0.2) is 12.1 Å². The van der Waals surface area contributed by atoms with Crippen LogP contribution in [0.5, 0.6) is 0 Å². The van der Waals surface area contributed by atoms with Crippen molar-refractivity contribution in [2.75, 3.05) is 18.0 Å². The summed E-state index contributed by atoms with van der Waals surface area (Å²) in [6, 6.07) is 4.38. The van der Waals surface area contributed by atoms with Gasteiger partial charge in [0.25, 0.3) is 0 Å². The van der Waals surface area contributed by atoms with Crippen LogP contribution in [0.2, 0.25) is 0 Å². The molecule has 1 aromatic rings. The molecule has 1 saturated heterocycles. The Kier molecular flexibility index (Phi) is 3.48. The Morgan fingerprint density at radius 3 is 2.39 bits per heavy atom. The summed E-state index contributed by atoms with van der Waals surface area (Å²) in [6.07, 6.45) is -0.0706. The molecule has 96 valence electrons. The van der Waals surface area contributed by atoms with Crippen molar-refractivity contribution in [1.82, 2.24) is 0 Å². The number of benzene rings is 1. The Balaban J connectivity index is 2.34. The molecule has 1 fully saturated rings. The SMILES string of the molecule is C[C@@H]1CN(c2ccc(C#N)c(F)c2F)C[C@H](C)O1. The number of rotatable bonds is 1. The van der Waals surface area contributed by atoms with Gasteiger partial charge < -0.3 is 9.64 Å². The van der Waals surface area contributed by atoms with E-state index in [0.717, 1.165) is 0 Å². The first-order valence-electron chi connectivity index (χ1n) is 5.81. The first kappa shape index (κ1) is 12.8. The van der Waals surface area contributed by atoms with Gasteiger partial charge in [0.2, 0.25) is 0 Å². The van der Waals surface area contributed by atoms with Gasteiger partial charge in [-0.1, -0.05) is 0 Å². The number of hydrogen-bond donors (Lipinski definition) is 0. The van der Waals surface area contributed by atoms with Crippen LogP contribution < -0.4 is 4.90 Å². The summed E-state index contributed by atoms with van der Waals surface area (Å²) in [7, 11) is 0. The molecular formula is C13H14F2N2O. The van der Waals surface area contributed by atoms with Crippen LogP contribution in [0.25, 0.3) is 0 Å². The van der Waals surface area contributed by atoms with Crippen LogP contribution in [0, 0.1) is 23.0 Å². The molecule has 2 atom stereocenters. The van der Waals surface area contributed by atoms with Crippen molar-refractivity contribution in [3.8, 4) is 6.07 Å². The lowest BCUT2D eigenvalue weighted by atomic mass is 10.1. The fraction of sp³-hybridized carbons (Fsp3) is 0.462. The van der Waals surface area contributed by atoms with E-state index in [4.69, 9.17) is 10.00 Å². The molecule has 3 nitrogen and oxygen atoms in total. The number of anilines is 1. The van der Waals surface area contributed by atoms with Crippen LogP contribution in [0.4, 0.5) is 14.5 Å². The predicted octanol–water partition coefficient (Wildman–Crippen LogP) is 2.45. The Labute approximate surface area is 105 Å². The summed E-state index contributed by atoms with van der Waals surface area (Å²) in [5.41, 5.74) is -0.0842. The summed E-state index contributed by atoms with van der Waals surface area (Å²) >= 11 is 0. The number of hydrogen-bond acceptors (Lipinski definition) is 3. The van der Waals surface area contributed by atoms with E-state index in [1.807, 2.05) is 13.8 Å². The Morgan fingerprint density at radius 2 is 1.83 bits per heavy atom. The number of halogens is 2. The lowest BCUT2D eigenvalue weighted by Gasteiger charge is -2.37. The lowest BCUT2D eigenvalue weighted by Crippen LogP contribution is -2.45. The van der Waals surface area contributed by atoms with Gasteiger partial charge in [-0.25, -0.2) is 8.78 Å². The molecule has 2 rings (SSSR count). The number of ether oxygens (including phenoxy) is 1. The first-order chi connectivity index (χ1) is 8.52. The smallest absolute Gasteiger partial charge is 0.183 e. The molecule has 18 heavy (non-hydrogen) atoms. The minimum Gasteiger partial charge on any atom is -0.372 e. The first-order valence-corrected chi connectivity index (χ1v) is 5.81. The Hall–Kier alpha value is -1.67. The van der Waals surface area contributed by atoms with E-state index in [2.05, 4.69) is 0 Å². The molecule has 1 aromatic carbocycles. The van der Waals surface area contributed by atoms with Gasteiger partial charge in [0.05, 0.1) is 23.5 Å². The minimum absolute atomic E-state index is 0.0353. The van der Waals surface area contributed by atoms with Crippen LogP contribution in [0.1, 0.15) is 19.4 Å². The van der Waals surface area contributed by atoms with Gasteiger partial charge >= 0.3 is 0 Å². The number of nitriles is 1. The molecule has 0 N–H and O–H groups in total. The van der Waals surface area contributed by atoms with Crippen LogP contribution in [0.3, 0.4) is 0 Å². The topological polar surface area (TPSA) is 36.3 Å². The van der Waals surface area contributed by atoms with Gasteiger partial charge in [0, 0.05) is 13.1 Å². The van der Waals surface area contributed by atoms with Crippen molar-refractivity contribution in [2.24, 2.45) is 0 Å². The zero-order chi connectivity index (χ0) is 13.3. The zero-order valence-electron chi connectivity index (χ0n) is 10.3. The average molecular weight is 252 g/mol. The zero-order valence-corrected chi connectivity index (χ0v) is 10.3. The van der Waals surface area contributed by atoms with E-state index < -0.39 is 11.6 Å². The van der Waals surface area contributed by atoms with Crippen molar-refractivity contribution in [1.29, 1.82) is 5.26 Å². The highest BCUT2D eigenvalue weighted by molar-refractivity contribution is 5.52. The molecule has 0 spiro atoms. The molecule has 5 heteroatoms. The van der Waals surface area contributed by atoms with Crippen LogP contribution in [-0.4, -0.2) is 25.3 Å². The summed E-state index contributed by atoms with van der Waals surface area (Å²) in [5, 5.41) is 8.64. The molecule has 0 unspecified atom stereocenters. The van der Waals surface area contributed by atoms with Gasteiger partial charge in [-0.15, -0.1) is 0 Å². The highest BCUT2D eigenvalue weighted by Gasteiger charge is 2.26. The maximum Gasteiger partial charge on any atom is 0.183 e. The van der Waals surface area contributed by atoms with Gasteiger partial charge in [0.15, 0.2) is 11.6 Å². The third-order valence-electron chi connectivity index (χ3n) is 2.94. The van der Waals surface area contributed by atoms with Crippen molar-refractivity contribution in [3.05, 3.63) is 29.3 Å². The largest absolute Gasteiger partial charge is 0.372 e. The summed E-state index contributed by atoms with van der Waals surface area (Å²) in [5.74, 6) is -2.04. The number of morpholine rings is 1. The fourth-order valence-corrected chi connectivity index (χ4v) is 2.24. The molecule has 1 aliphatic heterocycles. The molecule has 0 saturated carbocycles. The maximum absolute atomic E-state index is 13.9. The van der Waals surface area contributed by atoms with Crippen molar-refractivity contribution in [2.45, 2.75) is 26.1 Å². The van der Waals surface area contributed by atoms with Crippen LogP contribution in [-0.2, 0) is 4.74 Å². The highest BCUT2D eigenvalue weighted by Crippen LogP contribution is 2.26. The lowest BCUT2D eigenvalue weighted by molar-refractivity contribution is -0.00542. The van der Waals surface area contributed by atoms with E-state index in [1.54, 1.807) is 11.0 Å². The molecule has 0 radical (unpaired) electrons. The summed E-state index contributed by atoms with van der Waals surface area (Å²) in [4.78, 5) is 1.75.